The van der Waals surface area contributed by atoms with Crippen molar-refractivity contribution in [3.8, 4) is 11.1 Å². The molecule has 1 heterocycles. The molecule has 3 aromatic rings. The van der Waals surface area contributed by atoms with Crippen molar-refractivity contribution in [2.45, 2.75) is 38.1 Å². The molecular weight excluding hydrogens is 356 g/mol. The molecule has 1 atom stereocenters. The van der Waals surface area contributed by atoms with Crippen molar-refractivity contribution in [3.05, 3.63) is 83.7 Å². The first-order valence-corrected chi connectivity index (χ1v) is 10.5. The Labute approximate surface area is 161 Å². The number of aromatic nitrogens is 1. The molecule has 0 aliphatic heterocycles. The van der Waals surface area contributed by atoms with Crippen LogP contribution in [0.1, 0.15) is 36.1 Å². The maximum absolute atomic E-state index is 12.8. The fraction of sp³-hybridized carbons (Fsp3) is 0.227. The molecule has 0 fully saturated rings. The van der Waals surface area contributed by atoms with E-state index >= 15 is 0 Å². The zero-order chi connectivity index (χ0) is 19.4. The number of benzene rings is 2. The molecule has 27 heavy (non-hydrogen) atoms. The number of nitrogens with one attached hydrogen (secondary N) is 1. The first kappa shape index (κ1) is 19.3. The Hall–Kier alpha value is -2.50. The molecule has 0 aliphatic carbocycles. The molecule has 0 saturated carbocycles. The number of pyridine rings is 1. The van der Waals surface area contributed by atoms with Crippen LogP contribution in [0.15, 0.2) is 71.9 Å². The molecule has 1 unspecified atom stereocenters. The summed E-state index contributed by atoms with van der Waals surface area (Å²) >= 11 is 0. The van der Waals surface area contributed by atoms with E-state index in [1.54, 1.807) is 24.4 Å². The number of sulfonamides is 1. The summed E-state index contributed by atoms with van der Waals surface area (Å²) in [6, 6.07) is 16.7. The predicted octanol–water partition coefficient (Wildman–Crippen LogP) is 4.80. The minimum atomic E-state index is -3.59. The molecule has 3 rings (SSSR count). The highest BCUT2D eigenvalue weighted by atomic mass is 32.2. The monoisotopic (exact) mass is 380 g/mol. The van der Waals surface area contributed by atoms with Gasteiger partial charge in [-0.1, -0.05) is 37.3 Å². The zero-order valence-electron chi connectivity index (χ0n) is 15.8. The first-order valence-electron chi connectivity index (χ1n) is 9.00. The summed E-state index contributed by atoms with van der Waals surface area (Å²) in [5.74, 6) is 0. The van der Waals surface area contributed by atoms with Crippen molar-refractivity contribution in [2.24, 2.45) is 0 Å². The van der Waals surface area contributed by atoms with E-state index in [1.807, 2.05) is 57.3 Å². The molecule has 4 nitrogen and oxygen atoms in total. The average Bonchev–Trinajstić information content (AvgIpc) is 2.66. The Morgan fingerprint density at radius 1 is 1.04 bits per heavy atom. The number of rotatable bonds is 6. The Morgan fingerprint density at radius 3 is 2.52 bits per heavy atom. The van der Waals surface area contributed by atoms with Crippen molar-refractivity contribution < 1.29 is 8.42 Å². The van der Waals surface area contributed by atoms with E-state index in [-0.39, 0.29) is 6.04 Å². The number of hydrogen-bond donors (Lipinski definition) is 1. The van der Waals surface area contributed by atoms with Crippen LogP contribution in [0.3, 0.4) is 0 Å². The normalized spacial score (nSPS) is 12.7. The summed E-state index contributed by atoms with van der Waals surface area (Å²) in [6.45, 7) is 5.89. The summed E-state index contributed by atoms with van der Waals surface area (Å²) in [4.78, 5) is 4.44. The smallest absolute Gasteiger partial charge is 0.241 e. The van der Waals surface area contributed by atoms with Gasteiger partial charge in [-0.25, -0.2) is 13.1 Å². The molecule has 1 N–H and O–H groups in total. The second-order valence-electron chi connectivity index (χ2n) is 6.71. The summed E-state index contributed by atoms with van der Waals surface area (Å²) in [6.07, 6.45) is 4.26. The SMILES string of the molecule is CCC(NS(=O)(=O)c1cccc(C)c1)c1cccc(-c2ccncc2C)c1. The van der Waals surface area contributed by atoms with Crippen LogP contribution in [0, 0.1) is 13.8 Å². The predicted molar refractivity (Wildman–Crippen MR) is 109 cm³/mol. The van der Waals surface area contributed by atoms with Gasteiger partial charge in [-0.2, -0.15) is 0 Å². The van der Waals surface area contributed by atoms with E-state index in [4.69, 9.17) is 0 Å². The highest BCUT2D eigenvalue weighted by molar-refractivity contribution is 7.89. The topological polar surface area (TPSA) is 59.1 Å². The fourth-order valence-electron chi connectivity index (χ4n) is 3.15. The molecule has 5 heteroatoms. The van der Waals surface area contributed by atoms with Gasteiger partial charge in [0.1, 0.15) is 0 Å². The van der Waals surface area contributed by atoms with Gasteiger partial charge in [-0.3, -0.25) is 4.98 Å². The van der Waals surface area contributed by atoms with Crippen molar-refractivity contribution in [1.82, 2.24) is 9.71 Å². The minimum absolute atomic E-state index is 0.294. The van der Waals surface area contributed by atoms with Crippen LogP contribution in [-0.4, -0.2) is 13.4 Å². The van der Waals surface area contributed by atoms with Crippen molar-refractivity contribution in [1.29, 1.82) is 0 Å². The summed E-state index contributed by atoms with van der Waals surface area (Å²) in [7, 11) is -3.59. The largest absolute Gasteiger partial charge is 0.264 e. The number of hydrogen-bond acceptors (Lipinski definition) is 3. The van der Waals surface area contributed by atoms with Gasteiger partial charge < -0.3 is 0 Å². The summed E-state index contributed by atoms with van der Waals surface area (Å²) in [5.41, 5.74) is 5.11. The van der Waals surface area contributed by atoms with Crippen LogP contribution in [0.4, 0.5) is 0 Å². The third-order valence-electron chi connectivity index (χ3n) is 4.63. The Kier molecular flexibility index (Phi) is 5.73. The summed E-state index contributed by atoms with van der Waals surface area (Å²) in [5, 5.41) is 0. The second-order valence-corrected chi connectivity index (χ2v) is 8.43. The Bertz CT molecular complexity index is 1050. The molecular formula is C22H24N2O2S. The van der Waals surface area contributed by atoms with Gasteiger partial charge in [0.2, 0.25) is 10.0 Å². The average molecular weight is 381 g/mol. The van der Waals surface area contributed by atoms with Gasteiger partial charge in [0.05, 0.1) is 4.90 Å². The van der Waals surface area contributed by atoms with E-state index < -0.39 is 10.0 Å². The van der Waals surface area contributed by atoms with Crippen molar-refractivity contribution in [2.75, 3.05) is 0 Å². The number of nitrogens with zero attached hydrogens (tertiary/aromatic N) is 1. The highest BCUT2D eigenvalue weighted by Crippen LogP contribution is 2.27. The lowest BCUT2D eigenvalue weighted by molar-refractivity contribution is 0.550. The molecule has 0 radical (unpaired) electrons. The highest BCUT2D eigenvalue weighted by Gasteiger charge is 2.20. The third kappa shape index (κ3) is 4.43. The lowest BCUT2D eigenvalue weighted by atomic mass is 9.97. The van der Waals surface area contributed by atoms with Gasteiger partial charge in [-0.05, 0) is 72.4 Å². The quantitative estimate of drug-likeness (QED) is 0.668. The van der Waals surface area contributed by atoms with E-state index in [0.717, 1.165) is 27.8 Å². The van der Waals surface area contributed by atoms with E-state index in [1.165, 1.54) is 0 Å². The van der Waals surface area contributed by atoms with E-state index in [0.29, 0.717) is 11.3 Å². The standard InChI is InChI=1S/C22H24N2O2S/c1-4-22(24-27(25,26)20-10-5-7-16(2)13-20)19-9-6-8-18(14-19)21-11-12-23-15-17(21)3/h5-15,22,24H,4H2,1-3H3. The Balaban J connectivity index is 1.92. The van der Waals surface area contributed by atoms with Crippen LogP contribution in [0.5, 0.6) is 0 Å². The van der Waals surface area contributed by atoms with Crippen LogP contribution in [0.2, 0.25) is 0 Å². The molecule has 0 spiro atoms. The molecule has 2 aromatic carbocycles. The molecule has 0 aliphatic rings. The van der Waals surface area contributed by atoms with E-state index in [9.17, 15) is 8.42 Å². The molecule has 0 saturated heterocycles. The first-order chi connectivity index (χ1) is 12.9. The van der Waals surface area contributed by atoms with Crippen molar-refractivity contribution >= 4 is 10.0 Å². The minimum Gasteiger partial charge on any atom is -0.264 e. The fourth-order valence-corrected chi connectivity index (χ4v) is 4.56. The van der Waals surface area contributed by atoms with Crippen LogP contribution in [0.25, 0.3) is 11.1 Å². The zero-order valence-corrected chi connectivity index (χ0v) is 16.6. The summed E-state index contributed by atoms with van der Waals surface area (Å²) < 4.78 is 28.5. The van der Waals surface area contributed by atoms with Gasteiger partial charge >= 0.3 is 0 Å². The second kappa shape index (κ2) is 8.03. The van der Waals surface area contributed by atoms with Crippen LogP contribution >= 0.6 is 0 Å². The maximum atomic E-state index is 12.8. The van der Waals surface area contributed by atoms with Gasteiger partial charge in [-0.15, -0.1) is 0 Å². The van der Waals surface area contributed by atoms with Crippen molar-refractivity contribution in [3.63, 3.8) is 0 Å². The third-order valence-corrected chi connectivity index (χ3v) is 6.10. The lowest BCUT2D eigenvalue weighted by Gasteiger charge is -2.19. The Morgan fingerprint density at radius 2 is 1.81 bits per heavy atom. The number of aryl methyl sites for hydroxylation is 2. The van der Waals surface area contributed by atoms with Crippen LogP contribution in [-0.2, 0) is 10.0 Å². The van der Waals surface area contributed by atoms with Gasteiger partial charge in [0.25, 0.3) is 0 Å². The molecule has 1 aromatic heterocycles. The van der Waals surface area contributed by atoms with E-state index in [2.05, 4.69) is 15.8 Å². The molecule has 0 amide bonds. The van der Waals surface area contributed by atoms with Crippen LogP contribution < -0.4 is 4.72 Å². The van der Waals surface area contributed by atoms with Gasteiger partial charge in [0.15, 0.2) is 0 Å². The molecule has 140 valence electrons. The molecule has 0 bridgehead atoms. The lowest BCUT2D eigenvalue weighted by Crippen LogP contribution is -2.28. The maximum Gasteiger partial charge on any atom is 0.241 e. The van der Waals surface area contributed by atoms with Gasteiger partial charge in [0, 0.05) is 18.4 Å².